The summed E-state index contributed by atoms with van der Waals surface area (Å²) < 4.78 is 36.8. The van der Waals surface area contributed by atoms with Crippen LogP contribution in [0.5, 0.6) is 0 Å². The fraction of sp³-hybridized carbons (Fsp3) is 0.778. The first kappa shape index (κ1) is 14.9. The molecule has 0 saturated carbocycles. The summed E-state index contributed by atoms with van der Waals surface area (Å²) in [5.41, 5.74) is 0. The minimum absolute atomic E-state index is 0.101. The molecule has 0 aromatic carbocycles. The third-order valence-electron chi connectivity index (χ3n) is 2.44. The molecule has 1 aliphatic rings. The van der Waals surface area contributed by atoms with Gasteiger partial charge >= 0.3 is 18.2 Å². The Kier molecular flexibility index (Phi) is 4.71. The van der Waals surface area contributed by atoms with Gasteiger partial charge < -0.3 is 14.9 Å². The lowest BCUT2D eigenvalue weighted by Gasteiger charge is -2.29. The second-order valence-electron chi connectivity index (χ2n) is 3.74. The molecule has 0 radical (unpaired) electrons. The molecular formula is C9H13F3N2O3S. The van der Waals surface area contributed by atoms with E-state index in [-0.39, 0.29) is 18.2 Å². The van der Waals surface area contributed by atoms with Crippen LogP contribution in [0, 0.1) is 0 Å². The van der Waals surface area contributed by atoms with Crippen molar-refractivity contribution in [3.05, 3.63) is 0 Å². The number of carboxylic acids is 1. The predicted molar refractivity (Wildman–Crippen MR) is 59.3 cm³/mol. The zero-order chi connectivity index (χ0) is 13.9. The molecule has 0 unspecified atom stereocenters. The van der Waals surface area contributed by atoms with Crippen LogP contribution in [0.25, 0.3) is 0 Å². The second kappa shape index (κ2) is 5.68. The van der Waals surface area contributed by atoms with E-state index in [0.717, 1.165) is 4.90 Å². The molecule has 9 heteroatoms. The average molecular weight is 286 g/mol. The Hall–Kier alpha value is -1.12. The number of halogens is 3. The number of nitrogens with zero attached hydrogens (tertiary/aromatic N) is 2. The van der Waals surface area contributed by atoms with Gasteiger partial charge in [0.1, 0.15) is 12.6 Å². The van der Waals surface area contributed by atoms with Gasteiger partial charge in [-0.2, -0.15) is 13.2 Å². The molecule has 0 bridgehead atoms. The number of rotatable bonds is 3. The first-order valence-electron chi connectivity index (χ1n) is 5.19. The molecule has 0 aromatic heterocycles. The molecule has 1 heterocycles. The molecule has 104 valence electrons. The summed E-state index contributed by atoms with van der Waals surface area (Å²) >= 11 is 1.21. The zero-order valence-corrected chi connectivity index (χ0v) is 10.4. The zero-order valence-electron chi connectivity index (χ0n) is 9.61. The minimum atomic E-state index is -4.49. The SMILES string of the molecule is CCN(CC(F)(F)F)C(=O)N1CSC[C@H]1C(=O)O. The molecule has 1 aliphatic heterocycles. The maximum Gasteiger partial charge on any atom is 0.406 e. The van der Waals surface area contributed by atoms with Gasteiger partial charge in [0.15, 0.2) is 0 Å². The van der Waals surface area contributed by atoms with E-state index in [9.17, 15) is 22.8 Å². The van der Waals surface area contributed by atoms with Crippen LogP contribution in [0.2, 0.25) is 0 Å². The summed E-state index contributed by atoms with van der Waals surface area (Å²) in [4.78, 5) is 24.3. The molecule has 2 amide bonds. The van der Waals surface area contributed by atoms with Crippen LogP contribution < -0.4 is 0 Å². The molecule has 5 nitrogen and oxygen atoms in total. The lowest BCUT2D eigenvalue weighted by atomic mass is 10.3. The van der Waals surface area contributed by atoms with Crippen LogP contribution in [0.4, 0.5) is 18.0 Å². The standard InChI is InChI=1S/C9H13F3N2O3S/c1-2-13(4-9(10,11)12)8(17)14-5-18-3-6(14)7(15)16/h6H,2-5H2,1H3,(H,15,16)/t6-/m0/s1. The van der Waals surface area contributed by atoms with E-state index in [4.69, 9.17) is 5.11 Å². The maximum absolute atomic E-state index is 12.3. The van der Waals surface area contributed by atoms with E-state index < -0.39 is 30.8 Å². The molecule has 0 aliphatic carbocycles. The van der Waals surface area contributed by atoms with Crippen molar-refractivity contribution in [2.75, 3.05) is 24.7 Å². The number of carboxylic acid groups (broad SMARTS) is 1. The summed E-state index contributed by atoms with van der Waals surface area (Å²) in [6.07, 6.45) is -4.49. The Balaban J connectivity index is 2.74. The van der Waals surface area contributed by atoms with E-state index in [1.165, 1.54) is 18.7 Å². The highest BCUT2D eigenvalue weighted by Crippen LogP contribution is 2.24. The molecule has 1 fully saturated rings. The number of carbonyl (C=O) groups excluding carboxylic acids is 1. The third kappa shape index (κ3) is 3.69. The number of urea groups is 1. The number of aliphatic carboxylic acids is 1. The third-order valence-corrected chi connectivity index (χ3v) is 3.45. The van der Waals surface area contributed by atoms with E-state index in [2.05, 4.69) is 0 Å². The molecule has 1 rings (SSSR count). The molecule has 18 heavy (non-hydrogen) atoms. The molecule has 1 atom stereocenters. The Morgan fingerprint density at radius 1 is 1.50 bits per heavy atom. The van der Waals surface area contributed by atoms with Crippen molar-refractivity contribution in [2.45, 2.75) is 19.1 Å². The summed E-state index contributed by atoms with van der Waals surface area (Å²) in [6.45, 7) is -0.0652. The average Bonchev–Trinajstić information content (AvgIpc) is 2.72. The van der Waals surface area contributed by atoms with Gasteiger partial charge in [0.25, 0.3) is 0 Å². The Bertz CT molecular complexity index is 338. The Labute approximate surface area is 106 Å². The van der Waals surface area contributed by atoms with Crippen molar-refractivity contribution in [3.8, 4) is 0 Å². The molecule has 1 saturated heterocycles. The fourth-order valence-corrected chi connectivity index (χ4v) is 2.69. The number of hydrogen-bond donors (Lipinski definition) is 1. The van der Waals surface area contributed by atoms with Gasteiger partial charge in [-0.05, 0) is 6.92 Å². The number of thioether (sulfide) groups is 1. The van der Waals surface area contributed by atoms with Crippen molar-refractivity contribution < 1.29 is 27.9 Å². The van der Waals surface area contributed by atoms with Crippen LogP contribution in [-0.2, 0) is 4.79 Å². The van der Waals surface area contributed by atoms with E-state index in [0.29, 0.717) is 4.90 Å². The van der Waals surface area contributed by atoms with Gasteiger partial charge in [0.05, 0.1) is 5.88 Å². The number of alkyl halides is 3. The molecular weight excluding hydrogens is 273 g/mol. The fourth-order valence-electron chi connectivity index (χ4n) is 1.55. The van der Waals surface area contributed by atoms with Crippen LogP contribution in [-0.4, -0.2) is 63.8 Å². The largest absolute Gasteiger partial charge is 0.480 e. The topological polar surface area (TPSA) is 60.9 Å². The highest BCUT2D eigenvalue weighted by molar-refractivity contribution is 7.99. The van der Waals surface area contributed by atoms with Gasteiger partial charge in [-0.1, -0.05) is 0 Å². The highest BCUT2D eigenvalue weighted by Gasteiger charge is 2.39. The van der Waals surface area contributed by atoms with Crippen molar-refractivity contribution in [2.24, 2.45) is 0 Å². The van der Waals surface area contributed by atoms with Crippen LogP contribution >= 0.6 is 11.8 Å². The van der Waals surface area contributed by atoms with Crippen molar-refractivity contribution >= 4 is 23.8 Å². The van der Waals surface area contributed by atoms with Gasteiger partial charge in [0, 0.05) is 12.3 Å². The normalized spacial score (nSPS) is 20.0. The van der Waals surface area contributed by atoms with Gasteiger partial charge in [0.2, 0.25) is 0 Å². The maximum atomic E-state index is 12.3. The number of amides is 2. The highest BCUT2D eigenvalue weighted by atomic mass is 32.2. The first-order chi connectivity index (χ1) is 8.26. The van der Waals surface area contributed by atoms with Gasteiger partial charge in [-0.25, -0.2) is 9.59 Å². The van der Waals surface area contributed by atoms with E-state index >= 15 is 0 Å². The lowest BCUT2D eigenvalue weighted by molar-refractivity contribution is -0.143. The monoisotopic (exact) mass is 286 g/mol. The summed E-state index contributed by atoms with van der Waals surface area (Å²) in [5.74, 6) is -0.897. The van der Waals surface area contributed by atoms with Gasteiger partial charge in [-0.15, -0.1) is 11.8 Å². The Morgan fingerprint density at radius 3 is 2.56 bits per heavy atom. The summed E-state index contributed by atoms with van der Waals surface area (Å²) in [5, 5.41) is 8.87. The smallest absolute Gasteiger partial charge is 0.406 e. The molecule has 0 aromatic rings. The van der Waals surface area contributed by atoms with Gasteiger partial charge in [-0.3, -0.25) is 0 Å². The minimum Gasteiger partial charge on any atom is -0.480 e. The number of hydrogen-bond acceptors (Lipinski definition) is 3. The van der Waals surface area contributed by atoms with E-state index in [1.54, 1.807) is 0 Å². The summed E-state index contributed by atoms with van der Waals surface area (Å²) in [6, 6.07) is -1.93. The second-order valence-corrected chi connectivity index (χ2v) is 4.74. The summed E-state index contributed by atoms with van der Waals surface area (Å²) in [7, 11) is 0. The lowest BCUT2D eigenvalue weighted by Crippen LogP contribution is -2.50. The van der Waals surface area contributed by atoms with Crippen molar-refractivity contribution in [1.29, 1.82) is 0 Å². The number of carbonyl (C=O) groups is 2. The first-order valence-corrected chi connectivity index (χ1v) is 6.34. The van der Waals surface area contributed by atoms with Crippen LogP contribution in [0.1, 0.15) is 6.92 Å². The van der Waals surface area contributed by atoms with Crippen LogP contribution in [0.3, 0.4) is 0 Å². The van der Waals surface area contributed by atoms with E-state index in [1.807, 2.05) is 0 Å². The van der Waals surface area contributed by atoms with Crippen LogP contribution in [0.15, 0.2) is 0 Å². The quantitative estimate of drug-likeness (QED) is 0.853. The molecule has 0 spiro atoms. The Morgan fingerprint density at radius 2 is 2.11 bits per heavy atom. The van der Waals surface area contributed by atoms with Crippen molar-refractivity contribution in [1.82, 2.24) is 9.80 Å². The van der Waals surface area contributed by atoms with Crippen molar-refractivity contribution in [3.63, 3.8) is 0 Å². The molecule has 1 N–H and O–H groups in total. The predicted octanol–water partition coefficient (Wildman–Crippen LogP) is 1.45.